The standard InChI is InChI=1S/C53H105NO4/c1-3-5-7-9-11-13-15-17-19-21-23-25-27-29-31-33-35-37-39-41-43-45-47-51(56)53(58)50(49-55)54-52(57)48-46-44-42-40-38-36-34-32-30-28-26-24-22-20-18-16-14-12-10-8-6-4-2/h28,30,50-51,53,55-56,58H,3-27,29,31-49H2,1-2H3,(H,54,57)/b30-28-. The number of aliphatic hydroxyl groups is 3. The van der Waals surface area contributed by atoms with E-state index >= 15 is 0 Å². The lowest BCUT2D eigenvalue weighted by Crippen LogP contribution is -2.50. The van der Waals surface area contributed by atoms with E-state index in [0.29, 0.717) is 12.8 Å². The van der Waals surface area contributed by atoms with E-state index in [0.717, 1.165) is 32.1 Å². The van der Waals surface area contributed by atoms with Gasteiger partial charge in [0.25, 0.3) is 0 Å². The number of nitrogens with one attached hydrogen (secondary N) is 1. The fourth-order valence-corrected chi connectivity index (χ4v) is 8.51. The lowest BCUT2D eigenvalue weighted by atomic mass is 9.99. The summed E-state index contributed by atoms with van der Waals surface area (Å²) in [5.74, 6) is -0.144. The predicted molar refractivity (Wildman–Crippen MR) is 255 cm³/mol. The van der Waals surface area contributed by atoms with Crippen molar-refractivity contribution in [1.82, 2.24) is 5.32 Å². The highest BCUT2D eigenvalue weighted by Crippen LogP contribution is 2.18. The number of hydrogen-bond acceptors (Lipinski definition) is 4. The molecule has 0 spiro atoms. The summed E-state index contributed by atoms with van der Waals surface area (Å²) < 4.78 is 0. The van der Waals surface area contributed by atoms with Crippen LogP contribution < -0.4 is 5.32 Å². The zero-order valence-corrected chi connectivity index (χ0v) is 39.5. The quantitative estimate of drug-likeness (QED) is 0.0364. The molecule has 0 aliphatic carbocycles. The third kappa shape index (κ3) is 43.2. The zero-order chi connectivity index (χ0) is 42.3. The van der Waals surface area contributed by atoms with Crippen LogP contribution in [0.3, 0.4) is 0 Å². The Labute approximate surface area is 363 Å². The Bertz CT molecular complexity index is 818. The number of carbonyl (C=O) groups excluding carboxylic acids is 1. The van der Waals surface area contributed by atoms with Crippen molar-refractivity contribution in [2.75, 3.05) is 6.61 Å². The molecule has 0 aromatic carbocycles. The summed E-state index contributed by atoms with van der Waals surface area (Å²) in [5.41, 5.74) is 0. The minimum atomic E-state index is -1.14. The lowest BCUT2D eigenvalue weighted by molar-refractivity contribution is -0.124. The average molecular weight is 820 g/mol. The summed E-state index contributed by atoms with van der Waals surface area (Å²) in [7, 11) is 0. The number of unbranched alkanes of at least 4 members (excludes halogenated alkanes) is 39. The van der Waals surface area contributed by atoms with Crippen LogP contribution in [-0.4, -0.2) is 46.1 Å². The van der Waals surface area contributed by atoms with Crippen LogP contribution in [0.4, 0.5) is 0 Å². The second kappa shape index (κ2) is 48.8. The Morgan fingerprint density at radius 2 is 0.690 bits per heavy atom. The van der Waals surface area contributed by atoms with Crippen LogP contribution in [0.25, 0.3) is 0 Å². The molecule has 3 unspecified atom stereocenters. The first-order valence-electron chi connectivity index (χ1n) is 26.5. The van der Waals surface area contributed by atoms with Gasteiger partial charge in [0.2, 0.25) is 5.91 Å². The van der Waals surface area contributed by atoms with Crippen molar-refractivity contribution < 1.29 is 20.1 Å². The van der Waals surface area contributed by atoms with Gasteiger partial charge in [0.15, 0.2) is 0 Å². The van der Waals surface area contributed by atoms with Crippen molar-refractivity contribution in [3.05, 3.63) is 12.2 Å². The summed E-state index contributed by atoms with van der Waals surface area (Å²) in [6.45, 7) is 4.21. The highest BCUT2D eigenvalue weighted by molar-refractivity contribution is 5.76. The molecule has 4 N–H and O–H groups in total. The molecule has 0 heterocycles. The van der Waals surface area contributed by atoms with Crippen molar-refractivity contribution in [3.8, 4) is 0 Å². The molecule has 0 saturated carbocycles. The second-order valence-electron chi connectivity index (χ2n) is 18.4. The number of allylic oxidation sites excluding steroid dienone is 2. The maximum atomic E-state index is 12.5. The zero-order valence-electron chi connectivity index (χ0n) is 39.5. The highest BCUT2D eigenvalue weighted by Gasteiger charge is 2.26. The first kappa shape index (κ1) is 57.1. The maximum absolute atomic E-state index is 12.5. The van der Waals surface area contributed by atoms with Gasteiger partial charge in [-0.15, -0.1) is 0 Å². The molecule has 0 aliphatic heterocycles. The van der Waals surface area contributed by atoms with Gasteiger partial charge in [0.1, 0.15) is 6.10 Å². The molecule has 0 bridgehead atoms. The summed E-state index contributed by atoms with van der Waals surface area (Å²) >= 11 is 0. The first-order chi connectivity index (χ1) is 28.6. The Morgan fingerprint density at radius 3 is 1.00 bits per heavy atom. The topological polar surface area (TPSA) is 89.8 Å². The van der Waals surface area contributed by atoms with Gasteiger partial charge in [-0.3, -0.25) is 4.79 Å². The molecule has 5 heteroatoms. The van der Waals surface area contributed by atoms with E-state index in [2.05, 4.69) is 31.3 Å². The van der Waals surface area contributed by atoms with Crippen molar-refractivity contribution in [2.24, 2.45) is 0 Å². The molecule has 346 valence electrons. The molecular weight excluding hydrogens is 715 g/mol. The van der Waals surface area contributed by atoms with E-state index in [1.54, 1.807) is 0 Å². The first-order valence-corrected chi connectivity index (χ1v) is 26.5. The molecule has 0 rings (SSSR count). The van der Waals surface area contributed by atoms with E-state index in [-0.39, 0.29) is 12.5 Å². The Kier molecular flexibility index (Phi) is 48.0. The van der Waals surface area contributed by atoms with Gasteiger partial charge < -0.3 is 20.6 Å². The molecule has 0 saturated heterocycles. The second-order valence-corrected chi connectivity index (χ2v) is 18.4. The largest absolute Gasteiger partial charge is 0.394 e. The minimum absolute atomic E-state index is 0.144. The number of aliphatic hydroxyl groups excluding tert-OH is 3. The van der Waals surface area contributed by atoms with Gasteiger partial charge in [-0.25, -0.2) is 0 Å². The fourth-order valence-electron chi connectivity index (χ4n) is 8.51. The fraction of sp³-hybridized carbons (Fsp3) is 0.943. The van der Waals surface area contributed by atoms with Crippen LogP contribution in [0.15, 0.2) is 12.2 Å². The highest BCUT2D eigenvalue weighted by atomic mass is 16.3. The van der Waals surface area contributed by atoms with E-state index in [1.807, 2.05) is 0 Å². The molecular formula is C53H105NO4. The van der Waals surface area contributed by atoms with E-state index in [4.69, 9.17) is 0 Å². The van der Waals surface area contributed by atoms with Crippen molar-refractivity contribution >= 4 is 5.91 Å². The van der Waals surface area contributed by atoms with E-state index < -0.39 is 18.2 Å². The number of amides is 1. The third-order valence-electron chi connectivity index (χ3n) is 12.6. The monoisotopic (exact) mass is 820 g/mol. The van der Waals surface area contributed by atoms with Crippen molar-refractivity contribution in [2.45, 2.75) is 315 Å². The molecule has 58 heavy (non-hydrogen) atoms. The number of rotatable bonds is 49. The Morgan fingerprint density at radius 1 is 0.414 bits per heavy atom. The van der Waals surface area contributed by atoms with Crippen molar-refractivity contribution in [3.63, 3.8) is 0 Å². The van der Waals surface area contributed by atoms with Crippen LogP contribution in [0, 0.1) is 0 Å². The predicted octanol–water partition coefficient (Wildman–Crippen LogP) is 15.9. The lowest BCUT2D eigenvalue weighted by Gasteiger charge is -2.26. The summed E-state index contributed by atoms with van der Waals surface area (Å²) in [6.07, 6.45) is 59.2. The molecule has 0 aromatic heterocycles. The van der Waals surface area contributed by atoms with Crippen molar-refractivity contribution in [1.29, 1.82) is 0 Å². The van der Waals surface area contributed by atoms with Crippen LogP contribution >= 0.6 is 0 Å². The Balaban J connectivity index is 3.55. The van der Waals surface area contributed by atoms with Crippen LogP contribution in [-0.2, 0) is 4.79 Å². The van der Waals surface area contributed by atoms with E-state index in [9.17, 15) is 20.1 Å². The smallest absolute Gasteiger partial charge is 0.220 e. The minimum Gasteiger partial charge on any atom is -0.394 e. The molecule has 0 radical (unpaired) electrons. The summed E-state index contributed by atoms with van der Waals surface area (Å²) in [4.78, 5) is 12.5. The van der Waals surface area contributed by atoms with Gasteiger partial charge in [0.05, 0.1) is 18.8 Å². The van der Waals surface area contributed by atoms with Crippen LogP contribution in [0.1, 0.15) is 296 Å². The molecule has 3 atom stereocenters. The van der Waals surface area contributed by atoms with E-state index in [1.165, 1.54) is 238 Å². The Hall–Kier alpha value is -0.910. The summed E-state index contributed by atoms with van der Waals surface area (Å²) in [5, 5.41) is 33.7. The van der Waals surface area contributed by atoms with Crippen LogP contribution in [0.2, 0.25) is 0 Å². The molecule has 0 aromatic rings. The number of hydrogen-bond donors (Lipinski definition) is 4. The van der Waals surface area contributed by atoms with Crippen LogP contribution in [0.5, 0.6) is 0 Å². The molecule has 5 nitrogen and oxygen atoms in total. The normalized spacial score (nSPS) is 13.4. The number of carbonyl (C=O) groups is 1. The van der Waals surface area contributed by atoms with Gasteiger partial charge in [0, 0.05) is 6.42 Å². The summed E-state index contributed by atoms with van der Waals surface area (Å²) in [6, 6.07) is -0.809. The molecule has 1 amide bonds. The van der Waals surface area contributed by atoms with Gasteiger partial charge >= 0.3 is 0 Å². The van der Waals surface area contributed by atoms with Gasteiger partial charge in [-0.05, 0) is 38.5 Å². The molecule has 0 fully saturated rings. The van der Waals surface area contributed by atoms with Gasteiger partial charge in [-0.1, -0.05) is 264 Å². The molecule has 0 aliphatic rings. The maximum Gasteiger partial charge on any atom is 0.220 e. The SMILES string of the molecule is CCCCCCCCCCCCC/C=C\CCCCCCCCCC(=O)NC(CO)C(O)C(O)CCCCCCCCCCCCCCCCCCCCCCCC. The van der Waals surface area contributed by atoms with Gasteiger partial charge in [-0.2, -0.15) is 0 Å². The third-order valence-corrected chi connectivity index (χ3v) is 12.6. The average Bonchev–Trinajstić information content (AvgIpc) is 3.23.